The second-order valence-electron chi connectivity index (χ2n) is 6.83. The van der Waals surface area contributed by atoms with Gasteiger partial charge < -0.3 is 5.73 Å². The minimum atomic E-state index is 0.169. The number of hydrogen-bond acceptors (Lipinski definition) is 1. The summed E-state index contributed by atoms with van der Waals surface area (Å²) in [4.78, 5) is 0. The monoisotopic (exact) mass is 223 g/mol. The van der Waals surface area contributed by atoms with Gasteiger partial charge in [-0.15, -0.1) is 0 Å². The molecule has 2 N–H and O–H groups in total. The normalized spacial score (nSPS) is 41.8. The molecule has 94 valence electrons. The van der Waals surface area contributed by atoms with E-state index in [1.807, 2.05) is 0 Å². The largest absolute Gasteiger partial charge is 0.325 e. The first-order valence-electron chi connectivity index (χ1n) is 7.33. The molecular formula is C15H29N. The predicted molar refractivity (Wildman–Crippen MR) is 70.2 cm³/mol. The third-order valence-corrected chi connectivity index (χ3v) is 5.28. The van der Waals surface area contributed by atoms with Crippen molar-refractivity contribution < 1.29 is 0 Å². The van der Waals surface area contributed by atoms with Gasteiger partial charge in [-0.1, -0.05) is 40.0 Å². The van der Waals surface area contributed by atoms with Crippen molar-refractivity contribution in [1.82, 2.24) is 0 Å². The van der Waals surface area contributed by atoms with Crippen LogP contribution in [0.2, 0.25) is 0 Å². The maximum Gasteiger partial charge on any atom is 0.0216 e. The molecule has 2 fully saturated rings. The fourth-order valence-corrected chi connectivity index (χ4v) is 4.48. The molecule has 0 amide bonds. The van der Waals surface area contributed by atoms with Gasteiger partial charge in [-0.25, -0.2) is 0 Å². The molecule has 2 aliphatic carbocycles. The fourth-order valence-electron chi connectivity index (χ4n) is 4.48. The molecule has 2 saturated carbocycles. The Bertz CT molecular complexity index is 230. The summed E-state index contributed by atoms with van der Waals surface area (Å²) in [5.41, 5.74) is 7.07. The van der Waals surface area contributed by atoms with Crippen molar-refractivity contribution in [3.05, 3.63) is 0 Å². The van der Waals surface area contributed by atoms with Crippen LogP contribution in [-0.2, 0) is 0 Å². The zero-order valence-electron chi connectivity index (χ0n) is 11.3. The van der Waals surface area contributed by atoms with E-state index in [4.69, 9.17) is 5.73 Å². The summed E-state index contributed by atoms with van der Waals surface area (Å²) in [6, 6.07) is 0. The standard InChI is InChI=1S/C15H29N/c1-11(2)14-9-8-12(3)10-15(14,16)13-6-4-5-7-13/h11-14H,4-10,16H2,1-3H3. The first-order valence-corrected chi connectivity index (χ1v) is 7.33. The average molecular weight is 223 g/mol. The van der Waals surface area contributed by atoms with Crippen LogP contribution in [0.3, 0.4) is 0 Å². The molecule has 2 rings (SSSR count). The quantitative estimate of drug-likeness (QED) is 0.753. The van der Waals surface area contributed by atoms with Gasteiger partial charge in [-0.3, -0.25) is 0 Å². The minimum Gasteiger partial charge on any atom is -0.325 e. The van der Waals surface area contributed by atoms with Crippen molar-refractivity contribution in [3.63, 3.8) is 0 Å². The molecule has 0 aromatic carbocycles. The van der Waals surface area contributed by atoms with E-state index in [1.165, 1.54) is 44.9 Å². The SMILES string of the molecule is CC1CCC(C(C)C)C(N)(C2CCCC2)C1. The zero-order chi connectivity index (χ0) is 11.8. The lowest BCUT2D eigenvalue weighted by molar-refractivity contribution is 0.0592. The lowest BCUT2D eigenvalue weighted by atomic mass is 9.60. The molecule has 0 aromatic heterocycles. The molecule has 1 nitrogen and oxygen atoms in total. The van der Waals surface area contributed by atoms with Gasteiger partial charge in [0.1, 0.15) is 0 Å². The fraction of sp³-hybridized carbons (Fsp3) is 1.00. The average Bonchev–Trinajstić information content (AvgIpc) is 2.69. The summed E-state index contributed by atoms with van der Waals surface area (Å²) in [6.45, 7) is 7.14. The molecule has 16 heavy (non-hydrogen) atoms. The van der Waals surface area contributed by atoms with E-state index >= 15 is 0 Å². The van der Waals surface area contributed by atoms with Gasteiger partial charge in [0.05, 0.1) is 0 Å². The Labute approximate surface area is 101 Å². The van der Waals surface area contributed by atoms with Gasteiger partial charge in [0.2, 0.25) is 0 Å². The highest BCUT2D eigenvalue weighted by molar-refractivity contribution is 5.02. The topological polar surface area (TPSA) is 26.0 Å². The Morgan fingerprint density at radius 2 is 1.69 bits per heavy atom. The van der Waals surface area contributed by atoms with Crippen molar-refractivity contribution >= 4 is 0 Å². The number of rotatable bonds is 2. The predicted octanol–water partition coefficient (Wildman–Crippen LogP) is 3.97. The number of hydrogen-bond donors (Lipinski definition) is 1. The van der Waals surface area contributed by atoms with Crippen molar-refractivity contribution in [2.45, 2.75) is 71.3 Å². The molecule has 0 spiro atoms. The van der Waals surface area contributed by atoms with Gasteiger partial charge in [-0.05, 0) is 49.4 Å². The lowest BCUT2D eigenvalue weighted by Gasteiger charge is -2.49. The van der Waals surface area contributed by atoms with Crippen molar-refractivity contribution in [1.29, 1.82) is 0 Å². The summed E-state index contributed by atoms with van der Waals surface area (Å²) in [7, 11) is 0. The van der Waals surface area contributed by atoms with E-state index in [1.54, 1.807) is 0 Å². The molecule has 0 bridgehead atoms. The van der Waals surface area contributed by atoms with Crippen LogP contribution in [0, 0.1) is 23.7 Å². The minimum absolute atomic E-state index is 0.169. The highest BCUT2D eigenvalue weighted by atomic mass is 14.8. The maximum absolute atomic E-state index is 6.90. The zero-order valence-corrected chi connectivity index (χ0v) is 11.3. The molecule has 2 aliphatic rings. The van der Waals surface area contributed by atoms with E-state index < -0.39 is 0 Å². The molecule has 1 heteroatoms. The Balaban J connectivity index is 2.16. The van der Waals surface area contributed by atoms with Crippen molar-refractivity contribution in [2.75, 3.05) is 0 Å². The highest BCUT2D eigenvalue weighted by Crippen LogP contribution is 2.48. The summed E-state index contributed by atoms with van der Waals surface area (Å²) < 4.78 is 0. The molecule has 0 saturated heterocycles. The van der Waals surface area contributed by atoms with Gasteiger partial charge in [-0.2, -0.15) is 0 Å². The Kier molecular flexibility index (Phi) is 3.63. The molecular weight excluding hydrogens is 194 g/mol. The molecule has 3 unspecified atom stereocenters. The van der Waals surface area contributed by atoms with Crippen LogP contribution < -0.4 is 5.73 Å². The first-order chi connectivity index (χ1) is 7.54. The third kappa shape index (κ3) is 2.16. The van der Waals surface area contributed by atoms with Crippen LogP contribution in [0.25, 0.3) is 0 Å². The van der Waals surface area contributed by atoms with Crippen molar-refractivity contribution in [2.24, 2.45) is 29.4 Å². The van der Waals surface area contributed by atoms with Crippen LogP contribution in [0.1, 0.15) is 65.7 Å². The molecule has 0 radical (unpaired) electrons. The van der Waals surface area contributed by atoms with E-state index in [-0.39, 0.29) is 5.54 Å². The van der Waals surface area contributed by atoms with Gasteiger partial charge in [0.15, 0.2) is 0 Å². The maximum atomic E-state index is 6.90. The van der Waals surface area contributed by atoms with Crippen LogP contribution in [0.15, 0.2) is 0 Å². The van der Waals surface area contributed by atoms with E-state index in [0.29, 0.717) is 0 Å². The molecule has 0 aromatic rings. The summed E-state index contributed by atoms with van der Waals surface area (Å²) in [5, 5.41) is 0. The summed E-state index contributed by atoms with van der Waals surface area (Å²) in [6.07, 6.45) is 9.67. The van der Waals surface area contributed by atoms with Crippen LogP contribution >= 0.6 is 0 Å². The van der Waals surface area contributed by atoms with E-state index in [2.05, 4.69) is 20.8 Å². The Morgan fingerprint density at radius 3 is 2.25 bits per heavy atom. The van der Waals surface area contributed by atoms with Gasteiger partial charge >= 0.3 is 0 Å². The molecule has 3 atom stereocenters. The molecule has 0 heterocycles. The van der Waals surface area contributed by atoms with E-state index in [9.17, 15) is 0 Å². The van der Waals surface area contributed by atoms with Gasteiger partial charge in [0, 0.05) is 5.54 Å². The van der Waals surface area contributed by atoms with Crippen molar-refractivity contribution in [3.8, 4) is 0 Å². The molecule has 0 aliphatic heterocycles. The summed E-state index contributed by atoms with van der Waals surface area (Å²) >= 11 is 0. The third-order valence-electron chi connectivity index (χ3n) is 5.28. The Morgan fingerprint density at radius 1 is 1.06 bits per heavy atom. The van der Waals surface area contributed by atoms with Gasteiger partial charge in [0.25, 0.3) is 0 Å². The smallest absolute Gasteiger partial charge is 0.0216 e. The second kappa shape index (κ2) is 4.68. The Hall–Kier alpha value is -0.0400. The summed E-state index contributed by atoms with van der Waals surface area (Å²) in [5.74, 6) is 3.20. The van der Waals surface area contributed by atoms with Crippen LogP contribution in [-0.4, -0.2) is 5.54 Å². The second-order valence-corrected chi connectivity index (χ2v) is 6.83. The lowest BCUT2D eigenvalue weighted by Crippen LogP contribution is -2.57. The van der Waals surface area contributed by atoms with Crippen LogP contribution in [0.4, 0.5) is 0 Å². The number of nitrogens with two attached hydrogens (primary N) is 1. The highest BCUT2D eigenvalue weighted by Gasteiger charge is 2.46. The van der Waals surface area contributed by atoms with Crippen LogP contribution in [0.5, 0.6) is 0 Å². The first kappa shape index (κ1) is 12.4. The van der Waals surface area contributed by atoms with E-state index in [0.717, 1.165) is 23.7 Å².